The molecule has 130 valence electrons. The van der Waals surface area contributed by atoms with Crippen LogP contribution >= 0.6 is 11.6 Å². The molecule has 1 N–H and O–H groups in total. The minimum Gasteiger partial charge on any atom is -0.494 e. The Bertz CT molecular complexity index is 712. The molecule has 0 saturated heterocycles. The smallest absolute Gasteiger partial charge is 0.223 e. The van der Waals surface area contributed by atoms with Gasteiger partial charge in [0.15, 0.2) is 0 Å². The summed E-state index contributed by atoms with van der Waals surface area (Å²) in [6, 6.07) is 5.48. The fourth-order valence-corrected chi connectivity index (χ4v) is 2.70. The lowest BCUT2D eigenvalue weighted by atomic mass is 10.1. The second-order valence-corrected chi connectivity index (χ2v) is 6.29. The third kappa shape index (κ3) is 4.51. The predicted octanol–water partition coefficient (Wildman–Crippen LogP) is 3.67. The first-order chi connectivity index (χ1) is 11.4. The van der Waals surface area contributed by atoms with E-state index in [1.165, 1.54) is 0 Å². The van der Waals surface area contributed by atoms with Gasteiger partial charge in [-0.3, -0.25) is 9.89 Å². The monoisotopic (exact) mass is 349 g/mol. The lowest BCUT2D eigenvalue weighted by Gasteiger charge is -2.19. The number of aryl methyl sites for hydroxylation is 2. The van der Waals surface area contributed by atoms with Gasteiger partial charge in [-0.05, 0) is 44.5 Å². The Morgan fingerprint density at radius 1 is 1.38 bits per heavy atom. The number of halogens is 1. The molecule has 0 spiro atoms. The van der Waals surface area contributed by atoms with Crippen LogP contribution in [0, 0.1) is 13.8 Å². The third-order valence-corrected chi connectivity index (χ3v) is 4.32. The highest BCUT2D eigenvalue weighted by molar-refractivity contribution is 6.30. The number of rotatable bonds is 7. The molecule has 1 amide bonds. The van der Waals surface area contributed by atoms with Gasteiger partial charge < -0.3 is 9.64 Å². The zero-order chi connectivity index (χ0) is 17.7. The van der Waals surface area contributed by atoms with Crippen molar-refractivity contribution < 1.29 is 9.53 Å². The molecule has 0 bridgehead atoms. The van der Waals surface area contributed by atoms with Crippen molar-refractivity contribution in [3.63, 3.8) is 0 Å². The van der Waals surface area contributed by atoms with Gasteiger partial charge in [0.25, 0.3) is 0 Å². The number of hydrogen-bond acceptors (Lipinski definition) is 3. The number of amides is 1. The van der Waals surface area contributed by atoms with Gasteiger partial charge >= 0.3 is 0 Å². The Balaban J connectivity index is 1.98. The number of carbonyl (C=O) groups excluding carboxylic acids is 1. The number of H-pyrrole nitrogens is 1. The van der Waals surface area contributed by atoms with Gasteiger partial charge in [0, 0.05) is 42.7 Å². The lowest BCUT2D eigenvalue weighted by molar-refractivity contribution is -0.130. The molecular weight excluding hydrogens is 326 g/mol. The summed E-state index contributed by atoms with van der Waals surface area (Å²) in [7, 11) is 1.79. The van der Waals surface area contributed by atoms with E-state index in [2.05, 4.69) is 10.2 Å². The first-order valence-corrected chi connectivity index (χ1v) is 8.45. The molecule has 0 aliphatic carbocycles. The number of benzene rings is 1. The van der Waals surface area contributed by atoms with Crippen LogP contribution in [0.2, 0.25) is 5.02 Å². The van der Waals surface area contributed by atoms with Crippen LogP contribution in [0.15, 0.2) is 18.2 Å². The molecule has 0 atom stereocenters. The van der Waals surface area contributed by atoms with Crippen molar-refractivity contribution in [2.45, 2.75) is 40.2 Å². The standard InChI is InChI=1S/C18H24ClN3O2/c1-5-24-17-8-6-15(19)10-14(17)11-22(4)18(23)9-7-16-12(2)13(3)20-21-16/h6,8,10H,5,7,9,11H2,1-4H3,(H,20,21). The van der Waals surface area contributed by atoms with E-state index in [-0.39, 0.29) is 5.91 Å². The molecule has 5 nitrogen and oxygen atoms in total. The van der Waals surface area contributed by atoms with Crippen LogP contribution in [0.3, 0.4) is 0 Å². The van der Waals surface area contributed by atoms with Gasteiger partial charge in [-0.2, -0.15) is 5.10 Å². The summed E-state index contributed by atoms with van der Waals surface area (Å²) in [5.41, 5.74) is 4.03. The maximum absolute atomic E-state index is 12.4. The second kappa shape index (κ2) is 8.20. The fraction of sp³-hybridized carbons (Fsp3) is 0.444. The molecule has 24 heavy (non-hydrogen) atoms. The van der Waals surface area contributed by atoms with Crippen molar-refractivity contribution in [3.05, 3.63) is 45.7 Å². The molecule has 0 unspecified atom stereocenters. The summed E-state index contributed by atoms with van der Waals surface area (Å²) in [5, 5.41) is 7.83. The molecule has 1 aromatic heterocycles. The first-order valence-electron chi connectivity index (χ1n) is 8.08. The van der Waals surface area contributed by atoms with Gasteiger partial charge in [-0.15, -0.1) is 0 Å². The van der Waals surface area contributed by atoms with Crippen LogP contribution in [0.4, 0.5) is 0 Å². The van der Waals surface area contributed by atoms with Crippen LogP contribution < -0.4 is 4.74 Å². The SMILES string of the molecule is CCOc1ccc(Cl)cc1CN(C)C(=O)CCc1n[nH]c(C)c1C. The Hall–Kier alpha value is -2.01. The number of ether oxygens (including phenoxy) is 1. The van der Waals surface area contributed by atoms with Crippen molar-refractivity contribution in [1.82, 2.24) is 15.1 Å². The van der Waals surface area contributed by atoms with Crippen molar-refractivity contribution in [1.29, 1.82) is 0 Å². The molecule has 0 aliphatic heterocycles. The molecule has 0 aliphatic rings. The quantitative estimate of drug-likeness (QED) is 0.829. The highest BCUT2D eigenvalue weighted by atomic mass is 35.5. The molecule has 0 radical (unpaired) electrons. The minimum atomic E-state index is 0.0671. The molecule has 0 saturated carbocycles. The van der Waals surface area contributed by atoms with E-state index in [9.17, 15) is 4.79 Å². The van der Waals surface area contributed by atoms with E-state index in [1.807, 2.05) is 32.9 Å². The maximum Gasteiger partial charge on any atom is 0.223 e. The largest absolute Gasteiger partial charge is 0.494 e. The van der Waals surface area contributed by atoms with Crippen LogP contribution in [0.25, 0.3) is 0 Å². The van der Waals surface area contributed by atoms with Gasteiger partial charge in [0.05, 0.1) is 12.3 Å². The summed E-state index contributed by atoms with van der Waals surface area (Å²) in [5.74, 6) is 0.831. The average Bonchev–Trinajstić information content (AvgIpc) is 2.87. The zero-order valence-corrected chi connectivity index (χ0v) is 15.4. The Labute approximate surface area is 148 Å². The van der Waals surface area contributed by atoms with Gasteiger partial charge in [0.1, 0.15) is 5.75 Å². The average molecular weight is 350 g/mol. The van der Waals surface area contributed by atoms with E-state index in [4.69, 9.17) is 16.3 Å². The van der Waals surface area contributed by atoms with Gasteiger partial charge in [-0.25, -0.2) is 0 Å². The van der Waals surface area contributed by atoms with Crippen LogP contribution in [0.5, 0.6) is 5.75 Å². The fourth-order valence-electron chi connectivity index (χ4n) is 2.51. The number of carbonyl (C=O) groups is 1. The van der Waals surface area contributed by atoms with Crippen molar-refractivity contribution in [2.75, 3.05) is 13.7 Å². The van der Waals surface area contributed by atoms with Crippen LogP contribution in [0.1, 0.15) is 35.9 Å². The van der Waals surface area contributed by atoms with E-state index >= 15 is 0 Å². The van der Waals surface area contributed by atoms with E-state index in [1.54, 1.807) is 18.0 Å². The number of nitrogens with zero attached hydrogens (tertiary/aromatic N) is 2. The van der Waals surface area contributed by atoms with Crippen LogP contribution in [-0.2, 0) is 17.8 Å². The topological polar surface area (TPSA) is 58.2 Å². The predicted molar refractivity (Wildman–Crippen MR) is 95.5 cm³/mol. The van der Waals surface area contributed by atoms with Gasteiger partial charge in [0.2, 0.25) is 5.91 Å². The number of hydrogen-bond donors (Lipinski definition) is 1. The minimum absolute atomic E-state index is 0.0671. The number of aromatic amines is 1. The first kappa shape index (κ1) is 18.3. The Morgan fingerprint density at radius 3 is 2.75 bits per heavy atom. The normalized spacial score (nSPS) is 10.7. The summed E-state index contributed by atoms with van der Waals surface area (Å²) < 4.78 is 5.61. The molecule has 6 heteroatoms. The highest BCUT2D eigenvalue weighted by Gasteiger charge is 2.14. The zero-order valence-electron chi connectivity index (χ0n) is 14.6. The second-order valence-electron chi connectivity index (χ2n) is 5.86. The molecule has 1 heterocycles. The number of aromatic nitrogens is 2. The maximum atomic E-state index is 12.4. The van der Waals surface area contributed by atoms with Crippen molar-refractivity contribution >= 4 is 17.5 Å². The summed E-state index contributed by atoms with van der Waals surface area (Å²) in [4.78, 5) is 14.1. The lowest BCUT2D eigenvalue weighted by Crippen LogP contribution is -2.26. The molecule has 2 aromatic rings. The summed E-state index contributed by atoms with van der Waals surface area (Å²) in [6.07, 6.45) is 1.05. The van der Waals surface area contributed by atoms with E-state index < -0.39 is 0 Å². The molecule has 0 fully saturated rings. The highest BCUT2D eigenvalue weighted by Crippen LogP contribution is 2.24. The van der Waals surface area contributed by atoms with E-state index in [0.29, 0.717) is 31.0 Å². The van der Waals surface area contributed by atoms with Gasteiger partial charge in [-0.1, -0.05) is 11.6 Å². The number of nitrogens with one attached hydrogen (secondary N) is 1. The third-order valence-electron chi connectivity index (χ3n) is 4.09. The van der Waals surface area contributed by atoms with Crippen molar-refractivity contribution in [2.24, 2.45) is 0 Å². The Morgan fingerprint density at radius 2 is 2.12 bits per heavy atom. The Kier molecular flexibility index (Phi) is 6.26. The summed E-state index contributed by atoms with van der Waals surface area (Å²) >= 11 is 6.07. The van der Waals surface area contributed by atoms with Crippen LogP contribution in [-0.4, -0.2) is 34.7 Å². The molecular formula is C18H24ClN3O2. The van der Waals surface area contributed by atoms with E-state index in [0.717, 1.165) is 28.3 Å². The van der Waals surface area contributed by atoms with Crippen molar-refractivity contribution in [3.8, 4) is 5.75 Å². The molecule has 2 rings (SSSR count). The molecule has 1 aromatic carbocycles. The summed E-state index contributed by atoms with van der Waals surface area (Å²) in [6.45, 7) is 6.97.